The Kier molecular flexibility index (Phi) is 5.79. The van der Waals surface area contributed by atoms with Crippen molar-refractivity contribution in [2.75, 3.05) is 0 Å². The molecule has 0 N–H and O–H groups in total. The third kappa shape index (κ3) is 4.51. The number of hydrogen-bond donors (Lipinski definition) is 0. The highest BCUT2D eigenvalue weighted by Gasteiger charge is 2.50. The van der Waals surface area contributed by atoms with Crippen LogP contribution < -0.4 is 0 Å². The molecule has 1 aliphatic heterocycles. The number of alkyl halides is 3. The predicted molar refractivity (Wildman–Crippen MR) is 119 cm³/mol. The summed E-state index contributed by atoms with van der Waals surface area (Å²) in [6.07, 6.45) is 3.51. The fraction of sp³-hybridized carbons (Fsp3) is 0.400. The minimum absolute atomic E-state index is 0.0756. The third-order valence-electron chi connectivity index (χ3n) is 6.65. The lowest BCUT2D eigenvalue weighted by molar-refractivity contribution is -0.141. The smallest absolute Gasteiger partial charge is 0.332 e. The summed E-state index contributed by atoms with van der Waals surface area (Å²) in [5.74, 6) is 1.05. The van der Waals surface area contributed by atoms with Gasteiger partial charge in [-0.25, -0.2) is 19.9 Å². The molecule has 0 bridgehead atoms. The van der Waals surface area contributed by atoms with E-state index in [1.54, 1.807) is 18.5 Å². The number of aromatic nitrogens is 4. The van der Waals surface area contributed by atoms with Crippen LogP contribution in [0.4, 0.5) is 13.2 Å². The second-order valence-corrected chi connectivity index (χ2v) is 9.02. The van der Waals surface area contributed by atoms with Crippen molar-refractivity contribution in [3.63, 3.8) is 0 Å². The van der Waals surface area contributed by atoms with Crippen molar-refractivity contribution in [2.45, 2.75) is 57.3 Å². The van der Waals surface area contributed by atoms with Crippen molar-refractivity contribution in [3.05, 3.63) is 71.6 Å². The van der Waals surface area contributed by atoms with Gasteiger partial charge in [0.25, 0.3) is 5.91 Å². The van der Waals surface area contributed by atoms with Crippen LogP contribution in [0.3, 0.4) is 0 Å². The second kappa shape index (κ2) is 8.77. The van der Waals surface area contributed by atoms with Gasteiger partial charge in [-0.1, -0.05) is 17.7 Å². The lowest BCUT2D eigenvalue weighted by Gasteiger charge is -2.36. The first-order chi connectivity index (χ1) is 16.3. The standard InChI is InChI=1S/C25H24F3N5O/c1-15-3-7-18(23-30-10-2-11-31-23)19(13-15)24(34)33-17(5-4-16-14-20(16)33)6-8-22-29-12-9-21(32-22)25(26,27)28/h2-3,7,9-13,16-17,20H,4-6,8,14H2,1H3/t16-,17-,20+/m0/s1. The molecule has 2 aliphatic rings. The van der Waals surface area contributed by atoms with E-state index in [1.807, 2.05) is 30.0 Å². The summed E-state index contributed by atoms with van der Waals surface area (Å²) >= 11 is 0. The Morgan fingerprint density at radius 2 is 1.88 bits per heavy atom. The zero-order chi connectivity index (χ0) is 23.9. The first-order valence-electron chi connectivity index (χ1n) is 11.4. The van der Waals surface area contributed by atoms with E-state index < -0.39 is 11.9 Å². The number of halogens is 3. The fourth-order valence-corrected chi connectivity index (χ4v) is 4.88. The molecule has 34 heavy (non-hydrogen) atoms. The van der Waals surface area contributed by atoms with Crippen molar-refractivity contribution in [1.82, 2.24) is 24.8 Å². The molecule has 3 heterocycles. The number of benzene rings is 1. The molecule has 0 radical (unpaired) electrons. The van der Waals surface area contributed by atoms with Gasteiger partial charge in [0.2, 0.25) is 0 Å². The van der Waals surface area contributed by atoms with Gasteiger partial charge in [-0.2, -0.15) is 13.2 Å². The number of fused-ring (bicyclic) bond motifs is 1. The minimum Gasteiger partial charge on any atom is -0.332 e. The summed E-state index contributed by atoms with van der Waals surface area (Å²) in [6, 6.07) is 8.36. The van der Waals surface area contributed by atoms with Gasteiger partial charge in [0.15, 0.2) is 5.82 Å². The summed E-state index contributed by atoms with van der Waals surface area (Å²) < 4.78 is 39.1. The number of nitrogens with zero attached hydrogens (tertiary/aromatic N) is 5. The number of rotatable bonds is 5. The van der Waals surface area contributed by atoms with Gasteiger partial charge in [-0.3, -0.25) is 4.79 Å². The summed E-state index contributed by atoms with van der Waals surface area (Å²) in [7, 11) is 0. The molecule has 1 saturated carbocycles. The van der Waals surface area contributed by atoms with Gasteiger partial charge in [-0.15, -0.1) is 0 Å². The van der Waals surface area contributed by atoms with Crippen LogP contribution in [0.5, 0.6) is 0 Å². The third-order valence-corrected chi connectivity index (χ3v) is 6.65. The monoisotopic (exact) mass is 467 g/mol. The molecular formula is C25H24F3N5O. The molecule has 2 fully saturated rings. The molecule has 9 heteroatoms. The Balaban J connectivity index is 1.41. The van der Waals surface area contributed by atoms with Crippen molar-refractivity contribution >= 4 is 5.91 Å². The number of hydrogen-bond acceptors (Lipinski definition) is 5. The Morgan fingerprint density at radius 3 is 2.65 bits per heavy atom. The Bertz CT molecular complexity index is 1200. The quantitative estimate of drug-likeness (QED) is 0.535. The molecule has 1 aromatic carbocycles. The summed E-state index contributed by atoms with van der Waals surface area (Å²) in [5, 5.41) is 0. The lowest BCUT2D eigenvalue weighted by atomic mass is 9.95. The number of carbonyl (C=O) groups excluding carboxylic acids is 1. The molecule has 5 rings (SSSR count). The topological polar surface area (TPSA) is 71.9 Å². The van der Waals surface area contributed by atoms with Crippen LogP contribution in [0.25, 0.3) is 11.4 Å². The largest absolute Gasteiger partial charge is 0.433 e. The van der Waals surface area contributed by atoms with E-state index in [1.165, 1.54) is 0 Å². The highest BCUT2D eigenvalue weighted by atomic mass is 19.4. The molecule has 3 atom stereocenters. The predicted octanol–water partition coefficient (Wildman–Crippen LogP) is 4.89. The van der Waals surface area contributed by atoms with Gasteiger partial charge in [0.05, 0.1) is 5.56 Å². The van der Waals surface area contributed by atoms with Crippen LogP contribution in [0.1, 0.15) is 53.1 Å². The van der Waals surface area contributed by atoms with E-state index in [2.05, 4.69) is 19.9 Å². The fourth-order valence-electron chi connectivity index (χ4n) is 4.88. The SMILES string of the molecule is Cc1ccc(-c2ncccn2)c(C(=O)N2[C@H](CCc3nccc(C(F)(F)F)n3)CC[C@H]3C[C@H]32)c1. The van der Waals surface area contributed by atoms with Gasteiger partial charge in [-0.05, 0) is 56.7 Å². The van der Waals surface area contributed by atoms with E-state index >= 15 is 0 Å². The summed E-state index contributed by atoms with van der Waals surface area (Å²) in [4.78, 5) is 32.2. The highest BCUT2D eigenvalue weighted by Crippen LogP contribution is 2.47. The van der Waals surface area contributed by atoms with Crippen molar-refractivity contribution in [2.24, 2.45) is 5.92 Å². The molecule has 1 amide bonds. The van der Waals surface area contributed by atoms with E-state index in [0.717, 1.165) is 37.1 Å². The van der Waals surface area contributed by atoms with Crippen LogP contribution >= 0.6 is 0 Å². The molecule has 2 aromatic heterocycles. The Hall–Kier alpha value is -3.36. The second-order valence-electron chi connectivity index (χ2n) is 9.02. The van der Waals surface area contributed by atoms with Crippen LogP contribution in [-0.4, -0.2) is 42.8 Å². The van der Waals surface area contributed by atoms with Crippen molar-refractivity contribution < 1.29 is 18.0 Å². The maximum Gasteiger partial charge on any atom is 0.433 e. The van der Waals surface area contributed by atoms with Gasteiger partial charge in [0, 0.05) is 42.7 Å². The molecule has 0 spiro atoms. The zero-order valence-electron chi connectivity index (χ0n) is 18.7. The summed E-state index contributed by atoms with van der Waals surface area (Å²) in [5.41, 5.74) is 1.25. The molecule has 1 aliphatic carbocycles. The molecule has 1 saturated heterocycles. The van der Waals surface area contributed by atoms with Crippen LogP contribution in [0.2, 0.25) is 0 Å². The van der Waals surface area contributed by atoms with E-state index in [4.69, 9.17) is 0 Å². The van der Waals surface area contributed by atoms with Gasteiger partial charge >= 0.3 is 6.18 Å². The van der Waals surface area contributed by atoms with Crippen molar-refractivity contribution in [3.8, 4) is 11.4 Å². The van der Waals surface area contributed by atoms with E-state index in [0.29, 0.717) is 29.3 Å². The molecule has 6 nitrogen and oxygen atoms in total. The van der Waals surface area contributed by atoms with Crippen molar-refractivity contribution in [1.29, 1.82) is 0 Å². The maximum absolute atomic E-state index is 13.9. The van der Waals surface area contributed by atoms with E-state index in [9.17, 15) is 18.0 Å². The van der Waals surface area contributed by atoms with Gasteiger partial charge in [0.1, 0.15) is 11.5 Å². The number of aryl methyl sites for hydroxylation is 2. The zero-order valence-corrected chi connectivity index (χ0v) is 18.7. The first-order valence-corrected chi connectivity index (χ1v) is 11.4. The number of amides is 1. The number of piperidine rings is 1. The Morgan fingerprint density at radius 1 is 1.09 bits per heavy atom. The Labute approximate surface area is 195 Å². The molecular weight excluding hydrogens is 443 g/mol. The maximum atomic E-state index is 13.9. The average Bonchev–Trinajstić information content (AvgIpc) is 3.62. The molecule has 176 valence electrons. The molecule has 3 aromatic rings. The first kappa shape index (κ1) is 22.4. The minimum atomic E-state index is -4.51. The summed E-state index contributed by atoms with van der Waals surface area (Å²) in [6.45, 7) is 1.94. The molecule has 0 unspecified atom stereocenters. The van der Waals surface area contributed by atoms with Crippen LogP contribution in [0, 0.1) is 12.8 Å². The lowest BCUT2D eigenvalue weighted by Crippen LogP contribution is -2.45. The highest BCUT2D eigenvalue weighted by molar-refractivity contribution is 6.01. The number of likely N-dealkylation sites (tertiary alicyclic amines) is 1. The van der Waals surface area contributed by atoms with Crippen LogP contribution in [0.15, 0.2) is 48.9 Å². The van der Waals surface area contributed by atoms with Gasteiger partial charge < -0.3 is 4.90 Å². The normalized spacial score (nSPS) is 21.8. The van der Waals surface area contributed by atoms with E-state index in [-0.39, 0.29) is 30.2 Å². The van der Waals surface area contributed by atoms with Crippen LogP contribution in [-0.2, 0) is 12.6 Å². The number of carbonyl (C=O) groups is 1. The average molecular weight is 467 g/mol.